The third-order valence-corrected chi connectivity index (χ3v) is 2.20. The Bertz CT molecular complexity index is 407. The molecular weight excluding hydrogens is 247 g/mol. The molecule has 0 aromatic carbocycles. The number of amides is 1. The first kappa shape index (κ1) is 14.3. The van der Waals surface area contributed by atoms with Crippen LogP contribution in [0.1, 0.15) is 23.2 Å². The predicted molar refractivity (Wildman–Crippen MR) is 61.4 cm³/mol. The van der Waals surface area contributed by atoms with Crippen LogP contribution in [-0.4, -0.2) is 30.7 Å². The fraction of sp³-hybridized carbons (Fsp3) is 0.455. The molecule has 18 heavy (non-hydrogen) atoms. The Morgan fingerprint density at radius 1 is 1.44 bits per heavy atom. The number of carbonyl (C=O) groups excluding carboxylic acids is 1. The molecule has 4 nitrogen and oxygen atoms in total. The number of pyridine rings is 1. The molecule has 7 heteroatoms. The van der Waals surface area contributed by atoms with Crippen molar-refractivity contribution in [3.8, 4) is 0 Å². The van der Waals surface area contributed by atoms with Gasteiger partial charge in [0.2, 0.25) is 0 Å². The molecule has 0 radical (unpaired) electrons. The van der Waals surface area contributed by atoms with Crippen LogP contribution in [0.3, 0.4) is 0 Å². The van der Waals surface area contributed by atoms with Gasteiger partial charge in [0.05, 0.1) is 0 Å². The van der Waals surface area contributed by atoms with Gasteiger partial charge in [0, 0.05) is 31.8 Å². The number of carbonyl (C=O) groups is 1. The van der Waals surface area contributed by atoms with Crippen molar-refractivity contribution in [2.75, 3.05) is 18.9 Å². The van der Waals surface area contributed by atoms with E-state index >= 15 is 0 Å². The van der Waals surface area contributed by atoms with Gasteiger partial charge in [0.1, 0.15) is 5.82 Å². The van der Waals surface area contributed by atoms with Gasteiger partial charge in [0.25, 0.3) is 5.91 Å². The Morgan fingerprint density at radius 3 is 2.78 bits per heavy atom. The van der Waals surface area contributed by atoms with Crippen LogP contribution in [0.15, 0.2) is 18.3 Å². The van der Waals surface area contributed by atoms with Gasteiger partial charge in [-0.05, 0) is 18.6 Å². The first-order valence-electron chi connectivity index (χ1n) is 5.41. The molecule has 2 N–H and O–H groups in total. The van der Waals surface area contributed by atoms with Gasteiger partial charge >= 0.3 is 6.18 Å². The summed E-state index contributed by atoms with van der Waals surface area (Å²) in [5, 5.41) is 5.20. The normalized spacial score (nSPS) is 11.1. The van der Waals surface area contributed by atoms with Crippen molar-refractivity contribution in [1.82, 2.24) is 10.3 Å². The highest BCUT2D eigenvalue weighted by atomic mass is 19.4. The molecule has 0 aliphatic heterocycles. The number of nitrogens with one attached hydrogen (secondary N) is 2. The molecule has 1 aromatic rings. The van der Waals surface area contributed by atoms with Gasteiger partial charge in [-0.3, -0.25) is 4.79 Å². The molecule has 0 fully saturated rings. The number of anilines is 1. The summed E-state index contributed by atoms with van der Waals surface area (Å²) in [6.45, 7) is -0.00441. The summed E-state index contributed by atoms with van der Waals surface area (Å²) in [4.78, 5) is 15.5. The average molecular weight is 261 g/mol. The quantitative estimate of drug-likeness (QED) is 0.799. The molecular formula is C11H14F3N3O. The SMILES string of the molecule is CNc1cc(C(=O)NCCCC(F)(F)F)ccn1. The lowest BCUT2D eigenvalue weighted by Crippen LogP contribution is -2.25. The van der Waals surface area contributed by atoms with Gasteiger partial charge in [0.15, 0.2) is 0 Å². The molecule has 0 unspecified atom stereocenters. The van der Waals surface area contributed by atoms with E-state index in [1.54, 1.807) is 7.05 Å². The fourth-order valence-corrected chi connectivity index (χ4v) is 1.30. The molecule has 0 aliphatic carbocycles. The number of nitrogens with zero attached hydrogens (tertiary/aromatic N) is 1. The second-order valence-electron chi connectivity index (χ2n) is 3.65. The maximum atomic E-state index is 11.9. The van der Waals surface area contributed by atoms with Crippen LogP contribution in [-0.2, 0) is 0 Å². The highest BCUT2D eigenvalue weighted by molar-refractivity contribution is 5.94. The first-order valence-corrected chi connectivity index (χ1v) is 5.41. The minimum atomic E-state index is -4.18. The van der Waals surface area contributed by atoms with Crippen molar-refractivity contribution in [3.63, 3.8) is 0 Å². The highest BCUT2D eigenvalue weighted by Gasteiger charge is 2.25. The van der Waals surface area contributed by atoms with Crippen LogP contribution in [0, 0.1) is 0 Å². The number of rotatable bonds is 5. The Morgan fingerprint density at radius 2 is 2.17 bits per heavy atom. The van der Waals surface area contributed by atoms with Crippen LogP contribution in [0.4, 0.5) is 19.0 Å². The Balaban J connectivity index is 2.41. The Kier molecular flexibility index (Phi) is 4.94. The Labute approximate surface area is 103 Å². The third kappa shape index (κ3) is 5.03. The molecule has 100 valence electrons. The van der Waals surface area contributed by atoms with Crippen molar-refractivity contribution in [3.05, 3.63) is 23.9 Å². The minimum absolute atomic E-state index is 0.00441. The number of hydrogen-bond acceptors (Lipinski definition) is 3. The van der Waals surface area contributed by atoms with E-state index in [4.69, 9.17) is 0 Å². The highest BCUT2D eigenvalue weighted by Crippen LogP contribution is 2.20. The number of halogens is 3. The van der Waals surface area contributed by atoms with Crippen molar-refractivity contribution in [2.24, 2.45) is 0 Å². The van der Waals surface area contributed by atoms with E-state index in [1.165, 1.54) is 18.3 Å². The van der Waals surface area contributed by atoms with E-state index in [9.17, 15) is 18.0 Å². The lowest BCUT2D eigenvalue weighted by molar-refractivity contribution is -0.135. The van der Waals surface area contributed by atoms with Crippen LogP contribution >= 0.6 is 0 Å². The van der Waals surface area contributed by atoms with Gasteiger partial charge < -0.3 is 10.6 Å². The van der Waals surface area contributed by atoms with E-state index in [-0.39, 0.29) is 13.0 Å². The molecule has 1 rings (SSSR count). The van der Waals surface area contributed by atoms with E-state index in [1.807, 2.05) is 0 Å². The standard InChI is InChI=1S/C11H14F3N3O/c1-15-9-7-8(3-6-16-9)10(18)17-5-2-4-11(12,13)14/h3,6-7H,2,4-5H2,1H3,(H,15,16)(H,17,18). The van der Waals surface area contributed by atoms with Gasteiger partial charge in [-0.1, -0.05) is 0 Å². The molecule has 0 spiro atoms. The van der Waals surface area contributed by atoms with Gasteiger partial charge in [-0.2, -0.15) is 13.2 Å². The predicted octanol–water partition coefficient (Wildman–Crippen LogP) is 2.20. The maximum absolute atomic E-state index is 11.9. The zero-order valence-electron chi connectivity index (χ0n) is 9.84. The largest absolute Gasteiger partial charge is 0.389 e. The monoisotopic (exact) mass is 261 g/mol. The number of hydrogen-bond donors (Lipinski definition) is 2. The smallest absolute Gasteiger partial charge is 0.373 e. The summed E-state index contributed by atoms with van der Waals surface area (Å²) in [6, 6.07) is 3.03. The molecule has 0 atom stereocenters. The summed E-state index contributed by atoms with van der Waals surface area (Å²) in [5.74, 6) is 0.119. The Hall–Kier alpha value is -1.79. The fourth-order valence-electron chi connectivity index (χ4n) is 1.30. The zero-order valence-corrected chi connectivity index (χ0v) is 9.84. The lowest BCUT2D eigenvalue weighted by atomic mass is 10.2. The van der Waals surface area contributed by atoms with Gasteiger partial charge in [-0.15, -0.1) is 0 Å². The molecule has 1 amide bonds. The first-order chi connectivity index (χ1) is 8.42. The molecule has 0 saturated heterocycles. The van der Waals surface area contributed by atoms with E-state index in [0.29, 0.717) is 11.4 Å². The van der Waals surface area contributed by atoms with Crippen LogP contribution in [0.2, 0.25) is 0 Å². The second-order valence-corrected chi connectivity index (χ2v) is 3.65. The lowest BCUT2D eigenvalue weighted by Gasteiger charge is -2.08. The zero-order chi connectivity index (χ0) is 13.6. The maximum Gasteiger partial charge on any atom is 0.389 e. The molecule has 1 heterocycles. The second kappa shape index (κ2) is 6.23. The molecule has 1 aromatic heterocycles. The van der Waals surface area contributed by atoms with Crippen LogP contribution in [0.25, 0.3) is 0 Å². The van der Waals surface area contributed by atoms with Crippen molar-refractivity contribution in [1.29, 1.82) is 0 Å². The van der Waals surface area contributed by atoms with Crippen LogP contribution in [0.5, 0.6) is 0 Å². The summed E-state index contributed by atoms with van der Waals surface area (Å²) >= 11 is 0. The van der Waals surface area contributed by atoms with Gasteiger partial charge in [-0.25, -0.2) is 4.98 Å². The molecule has 0 saturated carbocycles. The van der Waals surface area contributed by atoms with E-state index in [0.717, 1.165) is 0 Å². The number of alkyl halides is 3. The summed E-state index contributed by atoms with van der Waals surface area (Å²) in [7, 11) is 1.66. The number of aromatic nitrogens is 1. The minimum Gasteiger partial charge on any atom is -0.373 e. The van der Waals surface area contributed by atoms with Crippen molar-refractivity contribution >= 4 is 11.7 Å². The summed E-state index contributed by atoms with van der Waals surface area (Å²) in [5.41, 5.74) is 0.362. The van der Waals surface area contributed by atoms with Crippen molar-refractivity contribution in [2.45, 2.75) is 19.0 Å². The average Bonchev–Trinajstić information content (AvgIpc) is 2.33. The van der Waals surface area contributed by atoms with E-state index in [2.05, 4.69) is 15.6 Å². The molecule has 0 bridgehead atoms. The van der Waals surface area contributed by atoms with Crippen molar-refractivity contribution < 1.29 is 18.0 Å². The molecule has 0 aliphatic rings. The summed E-state index contributed by atoms with van der Waals surface area (Å²) in [6.07, 6.45) is -3.75. The van der Waals surface area contributed by atoms with E-state index < -0.39 is 18.5 Å². The van der Waals surface area contributed by atoms with Crippen LogP contribution < -0.4 is 10.6 Å². The third-order valence-electron chi connectivity index (χ3n) is 2.20. The summed E-state index contributed by atoms with van der Waals surface area (Å²) < 4.78 is 35.6. The topological polar surface area (TPSA) is 54.0 Å².